The van der Waals surface area contributed by atoms with Crippen molar-refractivity contribution in [1.82, 2.24) is 14.5 Å². The molecule has 2 aromatic heterocycles. The number of rotatable bonds is 8. The maximum absolute atomic E-state index is 11.6. The van der Waals surface area contributed by atoms with Crippen LogP contribution in [0.5, 0.6) is 5.75 Å². The van der Waals surface area contributed by atoms with Crippen molar-refractivity contribution < 1.29 is 21.6 Å². The predicted molar refractivity (Wildman–Crippen MR) is 281 cm³/mol. The molecule has 0 saturated heterocycles. The summed E-state index contributed by atoms with van der Waals surface area (Å²) in [6.07, 6.45) is 1.64. The molecule has 0 aliphatic heterocycles. The molecule has 0 fully saturated rings. The van der Waals surface area contributed by atoms with Crippen molar-refractivity contribution in [2.24, 2.45) is 0 Å². The van der Waals surface area contributed by atoms with E-state index in [1.165, 1.54) is 24.3 Å². The summed E-state index contributed by atoms with van der Waals surface area (Å²) in [5, 5.41) is 11.6. The van der Waals surface area contributed by atoms with Crippen molar-refractivity contribution in [2.45, 2.75) is 59.0 Å². The zero-order chi connectivity index (χ0) is 56.5. The lowest BCUT2D eigenvalue weighted by atomic mass is 9.85. The van der Waals surface area contributed by atoms with Crippen LogP contribution in [-0.4, -0.2) is 19.6 Å². The summed E-state index contributed by atoms with van der Waals surface area (Å²) < 4.78 is 103. The third-order valence-corrected chi connectivity index (χ3v) is 12.4. The monoisotopic (exact) mass is 882 g/mol. The van der Waals surface area contributed by atoms with Crippen molar-refractivity contribution in [2.75, 3.05) is 0 Å². The van der Waals surface area contributed by atoms with Crippen LogP contribution in [0.2, 0.25) is 0 Å². The van der Waals surface area contributed by atoms with E-state index in [0.29, 0.717) is 50.5 Å². The molecule has 4 nitrogen and oxygen atoms in total. The zero-order valence-electron chi connectivity index (χ0n) is 49.3. The Morgan fingerprint density at radius 1 is 0.463 bits per heavy atom. The molecule has 0 spiro atoms. The average Bonchev–Trinajstić information content (AvgIpc) is 4.01. The van der Waals surface area contributed by atoms with E-state index in [2.05, 4.69) is 26.8 Å². The predicted octanol–water partition coefficient (Wildman–Crippen LogP) is 16.7. The number of imidazole rings is 1. The van der Waals surface area contributed by atoms with E-state index in [4.69, 9.17) is 26.4 Å². The lowest BCUT2D eigenvalue weighted by Gasteiger charge is -2.21. The van der Waals surface area contributed by atoms with Crippen LogP contribution in [0.25, 0.3) is 95.0 Å². The van der Waals surface area contributed by atoms with Gasteiger partial charge in [0.25, 0.3) is 0 Å². The minimum absolute atomic E-state index is 0.0198. The van der Waals surface area contributed by atoms with Crippen LogP contribution >= 0.6 is 0 Å². The number of benzene rings is 8. The molecule has 0 amide bonds. The summed E-state index contributed by atoms with van der Waals surface area (Å²) >= 11 is 0. The second kappa shape index (κ2) is 17.2. The van der Waals surface area contributed by atoms with Crippen molar-refractivity contribution in [3.05, 3.63) is 217 Å². The number of phenolic OH excluding ortho intramolecular Hbond substituents is 1. The van der Waals surface area contributed by atoms with E-state index >= 15 is 0 Å². The van der Waals surface area contributed by atoms with E-state index in [1.807, 2.05) is 138 Å². The maximum atomic E-state index is 11.6. The van der Waals surface area contributed by atoms with Crippen molar-refractivity contribution >= 4 is 11.0 Å². The molecule has 0 saturated carbocycles. The summed E-state index contributed by atoms with van der Waals surface area (Å²) in [7, 11) is 0. The SMILES string of the molecule is [2H]C([2H])([2H])c1cc(-n2c(-c3ccccc3O)nc3c(-c4cc(-c5ccccc5)cc(-c5cc(-c6ccc(C(C([2H])([2H])[2H])(C([2H])([2H])[2H])C([2H])([2H])[2H])cc6)ccn5)c4)cccc32)c(-c2ccccc2)cc1-c1ccc(C(C)(C)C)cc1. The third kappa shape index (κ3) is 8.48. The molecule has 67 heavy (non-hydrogen) atoms. The Bertz CT molecular complexity index is 3840. The fourth-order valence-electron chi connectivity index (χ4n) is 8.84. The van der Waals surface area contributed by atoms with Gasteiger partial charge in [0.15, 0.2) is 0 Å². The number of fused-ring (bicyclic) bond motifs is 1. The van der Waals surface area contributed by atoms with Gasteiger partial charge in [0, 0.05) is 39.3 Å². The first-order valence-corrected chi connectivity index (χ1v) is 22.2. The van der Waals surface area contributed by atoms with Gasteiger partial charge in [-0.1, -0.05) is 175 Å². The Morgan fingerprint density at radius 3 is 1.75 bits per heavy atom. The van der Waals surface area contributed by atoms with Crippen LogP contribution in [0.3, 0.4) is 0 Å². The highest BCUT2D eigenvalue weighted by Gasteiger charge is 2.24. The first-order chi connectivity index (χ1) is 37.3. The fourth-order valence-corrected chi connectivity index (χ4v) is 8.84. The molecule has 0 aliphatic carbocycles. The highest BCUT2D eigenvalue weighted by Crippen LogP contribution is 2.43. The number of nitrogens with zero attached hydrogens (tertiary/aromatic N) is 3. The van der Waals surface area contributed by atoms with Gasteiger partial charge in [0.05, 0.1) is 28.0 Å². The average molecular weight is 882 g/mol. The van der Waals surface area contributed by atoms with E-state index in [9.17, 15) is 5.11 Å². The quantitative estimate of drug-likeness (QED) is 0.165. The van der Waals surface area contributed by atoms with Gasteiger partial charge >= 0.3 is 0 Å². The Labute approximate surface area is 411 Å². The molecule has 0 radical (unpaired) electrons. The Morgan fingerprint density at radius 2 is 1.06 bits per heavy atom. The molecule has 10 rings (SSSR count). The smallest absolute Gasteiger partial charge is 0.149 e. The Hall–Kier alpha value is -7.82. The Kier molecular flexibility index (Phi) is 8.00. The second-order valence-corrected chi connectivity index (χ2v) is 18.0. The lowest BCUT2D eigenvalue weighted by Crippen LogP contribution is -2.10. The topological polar surface area (TPSA) is 50.9 Å². The third-order valence-electron chi connectivity index (χ3n) is 12.4. The standard InChI is InChI=1S/C63H55N3O/c1-41-35-58(55(44-19-12-9-13-20-44)40-54(41)45-27-31-51(32-28-45)63(5,6)7)66-57-23-16-22-52(60(57)65-61(66)53-21-14-15-24-59(53)67)48-36-47(42-17-10-8-11-18-42)37-49(38-48)56-39-46(33-34-64-56)43-25-29-50(30-26-43)62(2,3)4/h8-40,67H,1-7H3/i1D3,2D3,3D3,4D3. The van der Waals surface area contributed by atoms with Crippen LogP contribution in [0.1, 0.15) is 74.5 Å². The summed E-state index contributed by atoms with van der Waals surface area (Å²) in [4.78, 5) is 10.2. The summed E-state index contributed by atoms with van der Waals surface area (Å²) in [6.45, 7) is -6.34. The molecular weight excluding hydrogens is 815 g/mol. The van der Waals surface area contributed by atoms with Gasteiger partial charge in [-0.3, -0.25) is 9.55 Å². The number of aromatic nitrogens is 3. The molecule has 0 unspecified atom stereocenters. The number of hydrogen-bond acceptors (Lipinski definition) is 3. The number of aryl methyl sites for hydroxylation is 1. The van der Waals surface area contributed by atoms with Crippen LogP contribution in [0.15, 0.2) is 200 Å². The molecule has 0 atom stereocenters. The van der Waals surface area contributed by atoms with Crippen LogP contribution in [0, 0.1) is 6.85 Å². The van der Waals surface area contributed by atoms with E-state index in [-0.39, 0.29) is 22.3 Å². The van der Waals surface area contributed by atoms with Crippen molar-refractivity contribution in [1.29, 1.82) is 0 Å². The van der Waals surface area contributed by atoms with Gasteiger partial charge in [-0.05, 0) is 140 Å². The summed E-state index contributed by atoms with van der Waals surface area (Å²) in [5.41, 5.74) is 8.51. The minimum Gasteiger partial charge on any atom is -0.507 e. The molecular formula is C63H55N3O. The largest absolute Gasteiger partial charge is 0.507 e. The van der Waals surface area contributed by atoms with Gasteiger partial charge in [-0.2, -0.15) is 0 Å². The fraction of sp³-hybridized carbons (Fsp3) is 0.143. The van der Waals surface area contributed by atoms with E-state index < -0.39 is 32.8 Å². The van der Waals surface area contributed by atoms with Crippen molar-refractivity contribution in [3.8, 4) is 89.7 Å². The number of phenols is 1. The maximum Gasteiger partial charge on any atom is 0.149 e. The molecule has 0 aliphatic rings. The first-order valence-electron chi connectivity index (χ1n) is 28.2. The van der Waals surface area contributed by atoms with Crippen molar-refractivity contribution in [3.63, 3.8) is 0 Å². The molecule has 8 aromatic carbocycles. The molecule has 10 aromatic rings. The highest BCUT2D eigenvalue weighted by atomic mass is 16.3. The van der Waals surface area contributed by atoms with E-state index in [1.54, 1.807) is 36.5 Å². The van der Waals surface area contributed by atoms with Gasteiger partial charge < -0.3 is 5.11 Å². The molecule has 2 heterocycles. The van der Waals surface area contributed by atoms with Crippen LogP contribution in [-0.2, 0) is 10.8 Å². The molecule has 328 valence electrons. The number of aromatic hydroxyl groups is 1. The van der Waals surface area contributed by atoms with Gasteiger partial charge in [-0.15, -0.1) is 0 Å². The number of pyridine rings is 1. The van der Waals surface area contributed by atoms with E-state index in [0.717, 1.165) is 50.1 Å². The van der Waals surface area contributed by atoms with Gasteiger partial charge in [0.2, 0.25) is 0 Å². The molecule has 0 bridgehead atoms. The van der Waals surface area contributed by atoms with Crippen LogP contribution < -0.4 is 0 Å². The normalized spacial score (nSPS) is 15.3. The number of hydrogen-bond donors (Lipinski definition) is 1. The van der Waals surface area contributed by atoms with Crippen LogP contribution in [0.4, 0.5) is 0 Å². The summed E-state index contributed by atoms with van der Waals surface area (Å²) in [5.74, 6) is 0.360. The first kappa shape index (κ1) is 31.2. The molecule has 4 heteroatoms. The second-order valence-electron chi connectivity index (χ2n) is 18.0. The highest BCUT2D eigenvalue weighted by molar-refractivity contribution is 5.99. The Balaban J connectivity index is 1.18. The summed E-state index contributed by atoms with van der Waals surface area (Å²) in [6, 6.07) is 59.5. The zero-order valence-corrected chi connectivity index (χ0v) is 37.3. The van der Waals surface area contributed by atoms with Gasteiger partial charge in [0.1, 0.15) is 11.6 Å². The molecule has 1 N–H and O–H groups in total. The minimum atomic E-state index is -3.40. The number of para-hydroxylation sites is 2. The van der Waals surface area contributed by atoms with Gasteiger partial charge in [-0.25, -0.2) is 4.98 Å². The lowest BCUT2D eigenvalue weighted by molar-refractivity contribution is 0.477.